The third kappa shape index (κ3) is 4.81. The Morgan fingerprint density at radius 2 is 2.00 bits per heavy atom. The number of benzene rings is 1. The van der Waals surface area contributed by atoms with Gasteiger partial charge in [0.05, 0.1) is 19.8 Å². The Morgan fingerprint density at radius 3 is 2.74 bits per heavy atom. The van der Waals surface area contributed by atoms with Crippen LogP contribution in [0, 0.1) is 11.8 Å². The van der Waals surface area contributed by atoms with Crippen LogP contribution in [0.15, 0.2) is 40.2 Å². The van der Waals surface area contributed by atoms with Gasteiger partial charge in [0, 0.05) is 20.3 Å². The van der Waals surface area contributed by atoms with Crippen molar-refractivity contribution in [3.8, 4) is 11.8 Å². The topological polar surface area (TPSA) is 35.2 Å². The van der Waals surface area contributed by atoms with Gasteiger partial charge in [-0.25, -0.2) is 0 Å². The van der Waals surface area contributed by atoms with Gasteiger partial charge in [-0.05, 0) is 23.8 Å². The van der Waals surface area contributed by atoms with Gasteiger partial charge in [0.1, 0.15) is 0 Å². The number of hydrogen-bond donors (Lipinski definition) is 1. The lowest BCUT2D eigenvalue weighted by molar-refractivity contribution is 0.109. The van der Waals surface area contributed by atoms with Gasteiger partial charge >= 0.3 is 0 Å². The van der Waals surface area contributed by atoms with Crippen molar-refractivity contribution in [1.29, 1.82) is 0 Å². The molecule has 1 aromatic heterocycles. The fourth-order valence-electron chi connectivity index (χ4n) is 1.53. The lowest BCUT2D eigenvalue weighted by Gasteiger charge is -2.02. The number of ether oxygens (including phenoxy) is 1. The monoisotopic (exact) mass is 335 g/mol. The van der Waals surface area contributed by atoms with Crippen molar-refractivity contribution in [2.75, 3.05) is 6.54 Å². The van der Waals surface area contributed by atoms with Gasteiger partial charge in [-0.15, -0.1) is 11.3 Å². The average Bonchev–Trinajstić information content (AvgIpc) is 2.87. The minimum Gasteiger partial charge on any atom is -0.371 e. The maximum Gasteiger partial charge on any atom is 0.0814 e. The maximum atomic E-state index is 5.69. The first kappa shape index (κ1) is 14.3. The van der Waals surface area contributed by atoms with Crippen LogP contribution in [0.5, 0.6) is 0 Å². The molecule has 2 nitrogen and oxygen atoms in total. The molecule has 0 saturated heterocycles. The van der Waals surface area contributed by atoms with E-state index in [1.807, 2.05) is 17.5 Å². The largest absolute Gasteiger partial charge is 0.371 e. The molecule has 0 radical (unpaired) electrons. The van der Waals surface area contributed by atoms with E-state index in [2.05, 4.69) is 46.0 Å². The van der Waals surface area contributed by atoms with Crippen LogP contribution < -0.4 is 5.73 Å². The smallest absolute Gasteiger partial charge is 0.0814 e. The van der Waals surface area contributed by atoms with Crippen molar-refractivity contribution in [1.82, 2.24) is 0 Å². The van der Waals surface area contributed by atoms with Crippen LogP contribution in [-0.2, 0) is 18.0 Å². The van der Waals surface area contributed by atoms with Crippen LogP contribution in [0.4, 0.5) is 0 Å². The molecule has 0 spiro atoms. The summed E-state index contributed by atoms with van der Waals surface area (Å²) >= 11 is 5.07. The fraction of sp³-hybridized carbons (Fsp3) is 0.200. The first-order valence-electron chi connectivity index (χ1n) is 5.86. The SMILES string of the molecule is NCC#Cc1csc(COCc2ccc(Br)cc2)c1. The zero-order chi connectivity index (χ0) is 13.5. The molecule has 98 valence electrons. The molecule has 0 aliphatic carbocycles. The van der Waals surface area contributed by atoms with E-state index in [-0.39, 0.29) is 0 Å². The molecule has 0 bridgehead atoms. The molecular formula is C15H14BrNOS. The lowest BCUT2D eigenvalue weighted by Crippen LogP contribution is -1.93. The zero-order valence-corrected chi connectivity index (χ0v) is 12.8. The van der Waals surface area contributed by atoms with Gasteiger partial charge in [-0.1, -0.05) is 39.9 Å². The first-order valence-corrected chi connectivity index (χ1v) is 7.54. The van der Waals surface area contributed by atoms with Crippen molar-refractivity contribution in [2.45, 2.75) is 13.2 Å². The third-order valence-corrected chi connectivity index (χ3v) is 3.85. The minimum absolute atomic E-state index is 0.394. The summed E-state index contributed by atoms with van der Waals surface area (Å²) in [6.45, 7) is 1.63. The number of nitrogens with two attached hydrogens (primary N) is 1. The van der Waals surface area contributed by atoms with E-state index in [1.54, 1.807) is 11.3 Å². The van der Waals surface area contributed by atoms with Gasteiger partial charge in [0.2, 0.25) is 0 Å². The summed E-state index contributed by atoms with van der Waals surface area (Å²) in [5.41, 5.74) is 7.52. The Morgan fingerprint density at radius 1 is 1.21 bits per heavy atom. The van der Waals surface area contributed by atoms with Crippen LogP contribution >= 0.6 is 27.3 Å². The number of rotatable bonds is 4. The highest BCUT2D eigenvalue weighted by molar-refractivity contribution is 9.10. The van der Waals surface area contributed by atoms with E-state index in [4.69, 9.17) is 10.5 Å². The molecule has 0 fully saturated rings. The van der Waals surface area contributed by atoms with Crippen LogP contribution in [-0.4, -0.2) is 6.54 Å². The Bertz CT molecular complexity index is 580. The summed E-state index contributed by atoms with van der Waals surface area (Å²) in [5, 5.41) is 2.03. The molecule has 19 heavy (non-hydrogen) atoms. The van der Waals surface area contributed by atoms with E-state index in [0.29, 0.717) is 19.8 Å². The second-order valence-corrected chi connectivity index (χ2v) is 5.84. The molecular weight excluding hydrogens is 322 g/mol. The second-order valence-electron chi connectivity index (χ2n) is 3.93. The Kier molecular flexibility index (Phi) is 5.62. The summed E-state index contributed by atoms with van der Waals surface area (Å²) < 4.78 is 6.77. The number of halogens is 1. The average molecular weight is 336 g/mol. The Balaban J connectivity index is 1.82. The van der Waals surface area contributed by atoms with Crippen LogP contribution in [0.3, 0.4) is 0 Å². The fourth-order valence-corrected chi connectivity index (χ4v) is 2.54. The number of thiophene rings is 1. The molecule has 0 aliphatic rings. The van der Waals surface area contributed by atoms with Gasteiger partial charge in [0.25, 0.3) is 0 Å². The first-order chi connectivity index (χ1) is 9.28. The highest BCUT2D eigenvalue weighted by Gasteiger charge is 1.99. The van der Waals surface area contributed by atoms with Crippen LogP contribution in [0.25, 0.3) is 0 Å². The highest BCUT2D eigenvalue weighted by atomic mass is 79.9. The van der Waals surface area contributed by atoms with Gasteiger partial charge in [0.15, 0.2) is 0 Å². The molecule has 4 heteroatoms. The molecule has 2 aromatic rings. The molecule has 1 heterocycles. The van der Waals surface area contributed by atoms with Gasteiger partial charge < -0.3 is 10.5 Å². The predicted molar refractivity (Wildman–Crippen MR) is 82.9 cm³/mol. The molecule has 0 amide bonds. The molecule has 1 aromatic carbocycles. The molecule has 0 unspecified atom stereocenters. The molecule has 0 aliphatic heterocycles. The standard InChI is InChI=1S/C15H14BrNOS/c16-14-5-3-12(4-6-14)9-18-10-15-8-13(11-19-15)2-1-7-17/h3-6,8,11H,7,9-10,17H2. The van der Waals surface area contributed by atoms with Crippen molar-refractivity contribution < 1.29 is 4.74 Å². The summed E-state index contributed by atoms with van der Waals surface area (Å²) in [4.78, 5) is 1.18. The summed E-state index contributed by atoms with van der Waals surface area (Å²) in [7, 11) is 0. The van der Waals surface area contributed by atoms with E-state index in [1.165, 1.54) is 10.4 Å². The number of hydrogen-bond acceptors (Lipinski definition) is 3. The third-order valence-electron chi connectivity index (χ3n) is 2.41. The maximum absolute atomic E-state index is 5.69. The van der Waals surface area contributed by atoms with Crippen molar-refractivity contribution >= 4 is 27.3 Å². The van der Waals surface area contributed by atoms with Crippen molar-refractivity contribution in [2.24, 2.45) is 5.73 Å². The summed E-state index contributed by atoms with van der Waals surface area (Å²) in [6.07, 6.45) is 0. The van der Waals surface area contributed by atoms with E-state index >= 15 is 0 Å². The Hall–Kier alpha value is -1.12. The predicted octanol–water partition coefficient (Wildman–Crippen LogP) is 3.54. The van der Waals surface area contributed by atoms with Crippen molar-refractivity contribution in [3.63, 3.8) is 0 Å². The molecule has 2 rings (SSSR count). The van der Waals surface area contributed by atoms with Gasteiger partial charge in [-0.2, -0.15) is 0 Å². The quantitative estimate of drug-likeness (QED) is 0.867. The van der Waals surface area contributed by atoms with Crippen molar-refractivity contribution in [3.05, 3.63) is 56.2 Å². The summed E-state index contributed by atoms with van der Waals surface area (Å²) in [5.74, 6) is 5.86. The van der Waals surface area contributed by atoms with E-state index in [0.717, 1.165) is 10.0 Å². The normalized spacial score (nSPS) is 10.0. The summed E-state index contributed by atoms with van der Waals surface area (Å²) in [6, 6.07) is 10.2. The molecule has 2 N–H and O–H groups in total. The molecule has 0 atom stereocenters. The minimum atomic E-state index is 0.394. The Labute approximate surface area is 125 Å². The van der Waals surface area contributed by atoms with E-state index in [9.17, 15) is 0 Å². The lowest BCUT2D eigenvalue weighted by atomic mass is 10.2. The highest BCUT2D eigenvalue weighted by Crippen LogP contribution is 2.16. The van der Waals surface area contributed by atoms with Crippen LogP contribution in [0.2, 0.25) is 0 Å². The molecule has 0 saturated carbocycles. The van der Waals surface area contributed by atoms with E-state index < -0.39 is 0 Å². The second kappa shape index (κ2) is 7.46. The zero-order valence-electron chi connectivity index (χ0n) is 10.4. The van der Waals surface area contributed by atoms with Crippen LogP contribution in [0.1, 0.15) is 16.0 Å². The van der Waals surface area contributed by atoms with Gasteiger partial charge in [-0.3, -0.25) is 0 Å².